The Kier molecular flexibility index (Phi) is 7.51. The maximum absolute atomic E-state index is 14.3. The second-order valence-corrected chi connectivity index (χ2v) is 10.0. The molecule has 1 aliphatic heterocycles. The van der Waals surface area contributed by atoms with Crippen LogP contribution < -0.4 is 20.7 Å². The van der Waals surface area contributed by atoms with E-state index < -0.39 is 29.3 Å². The number of methoxy groups -OCH3 is 2. The summed E-state index contributed by atoms with van der Waals surface area (Å²) in [6, 6.07) is 19.1. The molecule has 0 saturated heterocycles. The van der Waals surface area contributed by atoms with Gasteiger partial charge < -0.3 is 25.4 Å². The third kappa shape index (κ3) is 4.92. The van der Waals surface area contributed by atoms with Gasteiger partial charge in [0.15, 0.2) is 17.3 Å². The van der Waals surface area contributed by atoms with Crippen LogP contribution in [-0.2, 0) is 9.53 Å². The zero-order valence-corrected chi connectivity index (χ0v) is 21.6. The van der Waals surface area contributed by atoms with Gasteiger partial charge in [0.25, 0.3) is 0 Å². The van der Waals surface area contributed by atoms with Crippen LogP contribution in [0.2, 0.25) is 0 Å². The lowest BCUT2D eigenvalue weighted by Crippen LogP contribution is -2.58. The first-order valence-electron chi connectivity index (χ1n) is 13.0. The molecule has 1 amide bonds. The van der Waals surface area contributed by atoms with Gasteiger partial charge in [-0.25, -0.2) is 8.78 Å². The van der Waals surface area contributed by atoms with E-state index in [1.165, 1.54) is 0 Å². The highest BCUT2D eigenvalue weighted by atomic mass is 19.2. The Morgan fingerprint density at radius 1 is 0.895 bits per heavy atom. The van der Waals surface area contributed by atoms with E-state index in [2.05, 4.69) is 16.0 Å². The van der Waals surface area contributed by atoms with E-state index in [0.29, 0.717) is 22.7 Å². The van der Waals surface area contributed by atoms with Gasteiger partial charge >= 0.3 is 0 Å². The van der Waals surface area contributed by atoms with Crippen LogP contribution in [0.25, 0.3) is 0 Å². The Balaban J connectivity index is 1.66. The van der Waals surface area contributed by atoms with Crippen molar-refractivity contribution in [2.24, 2.45) is 0 Å². The lowest BCUT2D eigenvalue weighted by Gasteiger charge is -2.43. The van der Waals surface area contributed by atoms with E-state index in [4.69, 9.17) is 9.47 Å². The predicted molar refractivity (Wildman–Crippen MR) is 143 cm³/mol. The number of hydrogen-bond donors (Lipinski definition) is 3. The third-order valence-corrected chi connectivity index (χ3v) is 7.61. The van der Waals surface area contributed by atoms with Crippen LogP contribution in [0.5, 0.6) is 5.75 Å². The molecule has 3 aromatic rings. The number of halogens is 2. The fraction of sp³-hybridized carbons (Fsp3) is 0.367. The maximum atomic E-state index is 14.3. The number of nitrogens with one attached hydrogen (secondary N) is 3. The second kappa shape index (κ2) is 11.0. The Morgan fingerprint density at radius 3 is 2.05 bits per heavy atom. The largest absolute Gasteiger partial charge is 0.497 e. The highest BCUT2D eigenvalue weighted by Crippen LogP contribution is 2.49. The minimum Gasteiger partial charge on any atom is -0.497 e. The van der Waals surface area contributed by atoms with Crippen LogP contribution in [0.4, 0.5) is 20.2 Å². The predicted octanol–water partition coefficient (Wildman–Crippen LogP) is 6.13. The second-order valence-electron chi connectivity index (χ2n) is 10.0. The van der Waals surface area contributed by atoms with Gasteiger partial charge in [0.2, 0.25) is 5.91 Å². The van der Waals surface area contributed by atoms with Crippen LogP contribution in [0.3, 0.4) is 0 Å². The molecule has 6 nitrogen and oxygen atoms in total. The average Bonchev–Trinajstić information content (AvgIpc) is 3.29. The van der Waals surface area contributed by atoms with Crippen molar-refractivity contribution in [2.45, 2.75) is 55.8 Å². The van der Waals surface area contributed by atoms with Crippen molar-refractivity contribution in [1.82, 2.24) is 5.32 Å². The smallest absolute Gasteiger partial charge is 0.232 e. The molecule has 1 fully saturated rings. The van der Waals surface area contributed by atoms with E-state index in [9.17, 15) is 13.6 Å². The molecule has 0 spiro atoms. The van der Waals surface area contributed by atoms with Gasteiger partial charge in [0.1, 0.15) is 17.8 Å². The number of carbonyl (C=O) groups excluding carboxylic acids is 1. The van der Waals surface area contributed by atoms with Crippen molar-refractivity contribution < 1.29 is 23.0 Å². The topological polar surface area (TPSA) is 71.6 Å². The fourth-order valence-electron chi connectivity index (χ4n) is 5.82. The standard InChI is InChI=1S/C30H33F2N3O3/c1-37-22-15-13-19(14-16-22)27(29(36)33-21-11-7-4-8-12-21)30(28(38-2)20-9-5-3-6-10-20)34-25-17-23(31)24(32)18-26(25)35-30/h3,5-6,9-10,13-18,21,27-28,34-35H,4,7-8,11-12H2,1-2H3,(H,33,36). The zero-order valence-electron chi connectivity index (χ0n) is 21.6. The molecule has 1 heterocycles. The van der Waals surface area contributed by atoms with Crippen molar-refractivity contribution in [1.29, 1.82) is 0 Å². The summed E-state index contributed by atoms with van der Waals surface area (Å²) < 4.78 is 40.1. The molecule has 2 unspecified atom stereocenters. The minimum absolute atomic E-state index is 0.0606. The van der Waals surface area contributed by atoms with E-state index in [1.54, 1.807) is 26.4 Å². The van der Waals surface area contributed by atoms with Crippen LogP contribution >= 0.6 is 0 Å². The SMILES string of the molecule is COc1ccc(C(C(=O)NC2CCCCC2)C2(C(OC)c3ccccc3)Nc3cc(F)c(F)cc3N2)cc1. The molecule has 0 radical (unpaired) electrons. The van der Waals surface area contributed by atoms with Gasteiger partial charge in [-0.2, -0.15) is 0 Å². The first-order chi connectivity index (χ1) is 18.4. The van der Waals surface area contributed by atoms with Gasteiger partial charge in [-0.15, -0.1) is 0 Å². The number of rotatable bonds is 8. The molecule has 0 aromatic heterocycles. The number of amides is 1. The highest BCUT2D eigenvalue weighted by Gasteiger charge is 2.54. The molecular weight excluding hydrogens is 488 g/mol. The molecule has 200 valence electrons. The Hall–Kier alpha value is -3.65. The molecular formula is C30H33F2N3O3. The van der Waals surface area contributed by atoms with Gasteiger partial charge in [0, 0.05) is 25.3 Å². The summed E-state index contributed by atoms with van der Waals surface area (Å²) in [7, 11) is 3.15. The third-order valence-electron chi connectivity index (χ3n) is 7.61. The molecule has 0 bridgehead atoms. The van der Waals surface area contributed by atoms with Gasteiger partial charge in [-0.05, 0) is 36.1 Å². The van der Waals surface area contributed by atoms with Crippen LogP contribution in [0.15, 0.2) is 66.7 Å². The molecule has 2 atom stereocenters. The number of fused-ring (bicyclic) bond motifs is 1. The van der Waals surface area contributed by atoms with E-state index in [1.807, 2.05) is 42.5 Å². The van der Waals surface area contributed by atoms with E-state index in [-0.39, 0.29) is 11.9 Å². The van der Waals surface area contributed by atoms with Crippen LogP contribution in [0, 0.1) is 11.6 Å². The monoisotopic (exact) mass is 521 g/mol. The molecule has 2 aliphatic rings. The number of carbonyl (C=O) groups is 1. The Labute approximate surface area is 221 Å². The zero-order chi connectivity index (χ0) is 26.7. The molecule has 1 saturated carbocycles. The molecule has 1 aliphatic carbocycles. The normalized spacial score (nSPS) is 18.0. The lowest BCUT2D eigenvalue weighted by atomic mass is 9.78. The maximum Gasteiger partial charge on any atom is 0.232 e. The fourth-order valence-corrected chi connectivity index (χ4v) is 5.82. The first kappa shape index (κ1) is 26.0. The van der Waals surface area contributed by atoms with E-state index >= 15 is 0 Å². The molecule has 8 heteroatoms. The summed E-state index contributed by atoms with van der Waals surface area (Å²) in [5.74, 6) is -2.35. The van der Waals surface area contributed by atoms with Crippen molar-refractivity contribution >= 4 is 17.3 Å². The molecule has 3 aromatic carbocycles. The van der Waals surface area contributed by atoms with Crippen molar-refractivity contribution in [2.75, 3.05) is 24.9 Å². The van der Waals surface area contributed by atoms with Crippen LogP contribution in [0.1, 0.15) is 55.3 Å². The average molecular weight is 522 g/mol. The summed E-state index contributed by atoms with van der Waals surface area (Å²) in [6.07, 6.45) is 4.40. The molecule has 3 N–H and O–H groups in total. The molecule has 38 heavy (non-hydrogen) atoms. The minimum atomic E-state index is -1.31. The Morgan fingerprint density at radius 2 is 1.50 bits per heavy atom. The summed E-state index contributed by atoms with van der Waals surface area (Å²) in [6.45, 7) is 0. The van der Waals surface area contributed by atoms with Gasteiger partial charge in [-0.1, -0.05) is 61.7 Å². The van der Waals surface area contributed by atoms with Crippen molar-refractivity contribution in [3.8, 4) is 5.75 Å². The van der Waals surface area contributed by atoms with E-state index in [0.717, 1.165) is 49.8 Å². The van der Waals surface area contributed by atoms with Crippen molar-refractivity contribution in [3.63, 3.8) is 0 Å². The molecule has 5 rings (SSSR count). The van der Waals surface area contributed by atoms with Gasteiger partial charge in [0.05, 0.1) is 18.5 Å². The number of ether oxygens (including phenoxy) is 2. The summed E-state index contributed by atoms with van der Waals surface area (Å²) >= 11 is 0. The summed E-state index contributed by atoms with van der Waals surface area (Å²) in [5.41, 5.74) is 0.890. The van der Waals surface area contributed by atoms with Crippen molar-refractivity contribution in [3.05, 3.63) is 89.5 Å². The quantitative estimate of drug-likeness (QED) is 0.333. The number of hydrogen-bond acceptors (Lipinski definition) is 5. The van der Waals surface area contributed by atoms with Gasteiger partial charge in [-0.3, -0.25) is 4.79 Å². The Bertz CT molecular complexity index is 1230. The number of anilines is 2. The van der Waals surface area contributed by atoms with Crippen LogP contribution in [-0.4, -0.2) is 31.8 Å². The number of benzene rings is 3. The lowest BCUT2D eigenvalue weighted by molar-refractivity contribution is -0.126. The first-order valence-corrected chi connectivity index (χ1v) is 13.0. The highest BCUT2D eigenvalue weighted by molar-refractivity contribution is 5.90. The summed E-state index contributed by atoms with van der Waals surface area (Å²) in [5, 5.41) is 10.0. The summed E-state index contributed by atoms with van der Waals surface area (Å²) in [4.78, 5) is 14.3.